The summed E-state index contributed by atoms with van der Waals surface area (Å²) in [4.78, 5) is 2.57. The van der Waals surface area contributed by atoms with Crippen LogP contribution in [0.4, 0.5) is 0 Å². The number of nitrogens with zero attached hydrogens (tertiary/aromatic N) is 1. The van der Waals surface area contributed by atoms with Crippen molar-refractivity contribution in [1.29, 1.82) is 0 Å². The quantitative estimate of drug-likeness (QED) is 0.765. The standard InChI is InChI=1S/C13H22N2S/c1-12-3-7-15(10-12)8-6-14-5-2-13-4-9-16-11-13/h4,9,11-12,14H,2-3,5-8,10H2,1H3. The zero-order chi connectivity index (χ0) is 11.2. The summed E-state index contributed by atoms with van der Waals surface area (Å²) in [6.07, 6.45) is 2.55. The molecule has 1 aliphatic rings. The van der Waals surface area contributed by atoms with Crippen LogP contribution in [0.2, 0.25) is 0 Å². The minimum atomic E-state index is 0.908. The van der Waals surface area contributed by atoms with Gasteiger partial charge in [-0.3, -0.25) is 0 Å². The van der Waals surface area contributed by atoms with Crippen molar-refractivity contribution in [3.63, 3.8) is 0 Å². The van der Waals surface area contributed by atoms with E-state index in [1.165, 1.54) is 38.0 Å². The van der Waals surface area contributed by atoms with Crippen LogP contribution >= 0.6 is 11.3 Å². The fourth-order valence-corrected chi connectivity index (χ4v) is 2.96. The molecule has 16 heavy (non-hydrogen) atoms. The number of hydrogen-bond donors (Lipinski definition) is 1. The van der Waals surface area contributed by atoms with E-state index >= 15 is 0 Å². The van der Waals surface area contributed by atoms with Crippen LogP contribution in [0.1, 0.15) is 18.9 Å². The second-order valence-corrected chi connectivity index (χ2v) is 5.61. The molecule has 1 unspecified atom stereocenters. The normalized spacial score (nSPS) is 21.7. The molecule has 90 valence electrons. The predicted molar refractivity (Wildman–Crippen MR) is 71.1 cm³/mol. The Kier molecular flexibility index (Phi) is 4.82. The Morgan fingerprint density at radius 2 is 2.44 bits per heavy atom. The molecule has 0 aliphatic carbocycles. The first-order valence-corrected chi connectivity index (χ1v) is 7.23. The van der Waals surface area contributed by atoms with Gasteiger partial charge in [0.2, 0.25) is 0 Å². The lowest BCUT2D eigenvalue weighted by Gasteiger charge is -2.15. The summed E-state index contributed by atoms with van der Waals surface area (Å²) in [5.74, 6) is 0.908. The van der Waals surface area contributed by atoms with E-state index in [2.05, 4.69) is 34.0 Å². The van der Waals surface area contributed by atoms with Crippen molar-refractivity contribution in [2.24, 2.45) is 5.92 Å². The van der Waals surface area contributed by atoms with Gasteiger partial charge in [0.25, 0.3) is 0 Å². The Balaban J connectivity index is 1.49. The van der Waals surface area contributed by atoms with Gasteiger partial charge in [-0.2, -0.15) is 11.3 Å². The van der Waals surface area contributed by atoms with E-state index < -0.39 is 0 Å². The van der Waals surface area contributed by atoms with Gasteiger partial charge in [0, 0.05) is 19.6 Å². The first-order chi connectivity index (χ1) is 7.84. The maximum atomic E-state index is 3.53. The molecule has 1 atom stereocenters. The Hall–Kier alpha value is -0.380. The predicted octanol–water partition coefficient (Wildman–Crippen LogP) is 2.22. The lowest BCUT2D eigenvalue weighted by atomic mass is 10.2. The third-order valence-corrected chi connectivity index (χ3v) is 4.02. The summed E-state index contributed by atoms with van der Waals surface area (Å²) in [5, 5.41) is 7.92. The van der Waals surface area contributed by atoms with E-state index in [9.17, 15) is 0 Å². The average Bonchev–Trinajstić information content (AvgIpc) is 2.89. The molecule has 2 heterocycles. The van der Waals surface area contributed by atoms with Crippen molar-refractivity contribution in [3.8, 4) is 0 Å². The molecule has 2 rings (SSSR count). The van der Waals surface area contributed by atoms with Crippen LogP contribution < -0.4 is 5.32 Å². The number of thiophene rings is 1. The number of likely N-dealkylation sites (tertiary alicyclic amines) is 1. The summed E-state index contributed by atoms with van der Waals surface area (Å²) < 4.78 is 0. The molecule has 1 aromatic rings. The van der Waals surface area contributed by atoms with Crippen molar-refractivity contribution in [2.75, 3.05) is 32.7 Å². The Bertz CT molecular complexity index is 284. The Morgan fingerprint density at radius 3 is 3.12 bits per heavy atom. The maximum absolute atomic E-state index is 3.53. The Morgan fingerprint density at radius 1 is 1.50 bits per heavy atom. The van der Waals surface area contributed by atoms with Gasteiger partial charge in [0.05, 0.1) is 0 Å². The smallest absolute Gasteiger partial charge is 0.0107 e. The number of rotatable bonds is 6. The van der Waals surface area contributed by atoms with E-state index in [0.717, 1.165) is 19.0 Å². The van der Waals surface area contributed by atoms with Gasteiger partial charge >= 0.3 is 0 Å². The van der Waals surface area contributed by atoms with Crippen LogP contribution in [0.5, 0.6) is 0 Å². The monoisotopic (exact) mass is 238 g/mol. The lowest BCUT2D eigenvalue weighted by Crippen LogP contribution is -2.31. The third kappa shape index (κ3) is 3.89. The molecular formula is C13H22N2S. The lowest BCUT2D eigenvalue weighted by molar-refractivity contribution is 0.326. The number of hydrogen-bond acceptors (Lipinski definition) is 3. The van der Waals surface area contributed by atoms with Crippen LogP contribution in [0, 0.1) is 5.92 Å². The molecule has 1 aromatic heterocycles. The van der Waals surface area contributed by atoms with Crippen LogP contribution in [0.25, 0.3) is 0 Å². The van der Waals surface area contributed by atoms with E-state index in [-0.39, 0.29) is 0 Å². The molecule has 1 fully saturated rings. The first-order valence-electron chi connectivity index (χ1n) is 6.29. The van der Waals surface area contributed by atoms with Gasteiger partial charge in [-0.25, -0.2) is 0 Å². The molecule has 0 aromatic carbocycles. The summed E-state index contributed by atoms with van der Waals surface area (Å²) in [7, 11) is 0. The minimum Gasteiger partial charge on any atom is -0.315 e. The first kappa shape index (κ1) is 12.1. The highest BCUT2D eigenvalue weighted by atomic mass is 32.1. The molecule has 1 aliphatic heterocycles. The summed E-state index contributed by atoms with van der Waals surface area (Å²) in [6.45, 7) is 8.41. The van der Waals surface area contributed by atoms with Crippen LogP contribution in [-0.4, -0.2) is 37.6 Å². The summed E-state index contributed by atoms with van der Waals surface area (Å²) >= 11 is 1.79. The topological polar surface area (TPSA) is 15.3 Å². The van der Waals surface area contributed by atoms with Crippen molar-refractivity contribution < 1.29 is 0 Å². The van der Waals surface area contributed by atoms with E-state index in [0.29, 0.717) is 0 Å². The molecule has 0 bridgehead atoms. The zero-order valence-electron chi connectivity index (χ0n) is 10.1. The van der Waals surface area contributed by atoms with Crippen molar-refractivity contribution in [3.05, 3.63) is 22.4 Å². The highest BCUT2D eigenvalue weighted by Gasteiger charge is 2.17. The molecule has 0 radical (unpaired) electrons. The SMILES string of the molecule is CC1CCN(CCNCCc2ccsc2)C1. The molecule has 1 saturated heterocycles. The highest BCUT2D eigenvalue weighted by molar-refractivity contribution is 7.07. The van der Waals surface area contributed by atoms with Gasteiger partial charge in [0.15, 0.2) is 0 Å². The van der Waals surface area contributed by atoms with Crippen LogP contribution in [0.15, 0.2) is 16.8 Å². The largest absolute Gasteiger partial charge is 0.315 e. The van der Waals surface area contributed by atoms with E-state index in [4.69, 9.17) is 0 Å². The fourth-order valence-electron chi connectivity index (χ4n) is 2.26. The van der Waals surface area contributed by atoms with Crippen molar-refractivity contribution >= 4 is 11.3 Å². The van der Waals surface area contributed by atoms with Gasteiger partial charge < -0.3 is 10.2 Å². The van der Waals surface area contributed by atoms with Gasteiger partial charge in [-0.1, -0.05) is 6.92 Å². The summed E-state index contributed by atoms with van der Waals surface area (Å²) in [6, 6.07) is 2.22. The van der Waals surface area contributed by atoms with Crippen molar-refractivity contribution in [2.45, 2.75) is 19.8 Å². The third-order valence-electron chi connectivity index (χ3n) is 3.28. The van der Waals surface area contributed by atoms with Gasteiger partial charge in [-0.05, 0) is 54.2 Å². The molecule has 0 amide bonds. The second-order valence-electron chi connectivity index (χ2n) is 4.83. The van der Waals surface area contributed by atoms with Gasteiger partial charge in [0.1, 0.15) is 0 Å². The van der Waals surface area contributed by atoms with E-state index in [1.807, 2.05) is 0 Å². The second kappa shape index (κ2) is 6.38. The molecule has 2 nitrogen and oxygen atoms in total. The Labute approximate surface area is 103 Å². The van der Waals surface area contributed by atoms with Crippen LogP contribution in [0.3, 0.4) is 0 Å². The highest BCUT2D eigenvalue weighted by Crippen LogP contribution is 2.13. The molecule has 3 heteroatoms. The molecule has 1 N–H and O–H groups in total. The number of nitrogens with one attached hydrogen (secondary N) is 1. The zero-order valence-corrected chi connectivity index (χ0v) is 10.9. The van der Waals surface area contributed by atoms with E-state index in [1.54, 1.807) is 11.3 Å². The molecular weight excluding hydrogens is 216 g/mol. The molecule has 0 saturated carbocycles. The average molecular weight is 238 g/mol. The van der Waals surface area contributed by atoms with Crippen molar-refractivity contribution in [1.82, 2.24) is 10.2 Å². The maximum Gasteiger partial charge on any atom is 0.0107 e. The minimum absolute atomic E-state index is 0.908. The molecule has 0 spiro atoms. The summed E-state index contributed by atoms with van der Waals surface area (Å²) in [5.41, 5.74) is 1.47. The van der Waals surface area contributed by atoms with Gasteiger partial charge in [-0.15, -0.1) is 0 Å². The fraction of sp³-hybridized carbons (Fsp3) is 0.692. The van der Waals surface area contributed by atoms with Crippen LogP contribution in [-0.2, 0) is 6.42 Å².